The maximum atomic E-state index is 12.5. The molecule has 0 spiro atoms. The predicted molar refractivity (Wildman–Crippen MR) is 80.3 cm³/mol. The lowest BCUT2D eigenvalue weighted by Gasteiger charge is -2.27. The zero-order valence-corrected chi connectivity index (χ0v) is 12.7. The van der Waals surface area contributed by atoms with Gasteiger partial charge in [-0.05, 0) is 23.5 Å². The van der Waals surface area contributed by atoms with Crippen LogP contribution in [0.15, 0.2) is 24.3 Å². The molecule has 118 valence electrons. The van der Waals surface area contributed by atoms with Gasteiger partial charge < -0.3 is 14.7 Å². The molecule has 1 aromatic rings. The van der Waals surface area contributed by atoms with Gasteiger partial charge in [0.05, 0.1) is 25.0 Å². The van der Waals surface area contributed by atoms with Crippen LogP contribution in [0.3, 0.4) is 0 Å². The SMILES string of the molecule is C[C@@H]1CN(C(=O)CC2OCCc3ccccc32)C[C@H]1C(=O)O. The highest BCUT2D eigenvalue weighted by atomic mass is 16.5. The molecule has 1 N–H and O–H groups in total. The minimum absolute atomic E-state index is 0.000936. The largest absolute Gasteiger partial charge is 0.481 e. The summed E-state index contributed by atoms with van der Waals surface area (Å²) in [6.45, 7) is 3.34. The van der Waals surface area contributed by atoms with E-state index in [4.69, 9.17) is 4.74 Å². The number of aliphatic carboxylic acids is 1. The Balaban J connectivity index is 1.67. The smallest absolute Gasteiger partial charge is 0.308 e. The zero-order chi connectivity index (χ0) is 15.7. The Bertz CT molecular complexity index is 586. The first kappa shape index (κ1) is 15.0. The van der Waals surface area contributed by atoms with Crippen molar-refractivity contribution in [3.05, 3.63) is 35.4 Å². The maximum absolute atomic E-state index is 12.5. The Kier molecular flexibility index (Phi) is 4.16. The molecule has 0 saturated carbocycles. The first-order valence-electron chi connectivity index (χ1n) is 7.76. The third-order valence-corrected chi connectivity index (χ3v) is 4.73. The number of benzene rings is 1. The number of carbonyl (C=O) groups excluding carboxylic acids is 1. The highest BCUT2D eigenvalue weighted by Crippen LogP contribution is 2.31. The molecule has 5 nitrogen and oxygen atoms in total. The van der Waals surface area contributed by atoms with Gasteiger partial charge in [0.15, 0.2) is 0 Å². The zero-order valence-electron chi connectivity index (χ0n) is 12.7. The number of amides is 1. The van der Waals surface area contributed by atoms with Crippen LogP contribution in [0.25, 0.3) is 0 Å². The van der Waals surface area contributed by atoms with Crippen LogP contribution in [-0.2, 0) is 20.7 Å². The van der Waals surface area contributed by atoms with E-state index < -0.39 is 11.9 Å². The highest BCUT2D eigenvalue weighted by Gasteiger charge is 2.37. The Hall–Kier alpha value is -1.88. The summed E-state index contributed by atoms with van der Waals surface area (Å²) in [5.74, 6) is -1.29. The van der Waals surface area contributed by atoms with E-state index >= 15 is 0 Å². The fourth-order valence-corrected chi connectivity index (χ4v) is 3.43. The molecular formula is C17H21NO4. The number of hydrogen-bond acceptors (Lipinski definition) is 3. The Labute approximate surface area is 129 Å². The Morgan fingerprint density at radius 1 is 1.32 bits per heavy atom. The molecule has 1 saturated heterocycles. The van der Waals surface area contributed by atoms with Crippen molar-refractivity contribution in [2.75, 3.05) is 19.7 Å². The monoisotopic (exact) mass is 303 g/mol. The molecule has 1 fully saturated rings. The van der Waals surface area contributed by atoms with Crippen molar-refractivity contribution in [1.82, 2.24) is 4.90 Å². The van der Waals surface area contributed by atoms with Gasteiger partial charge in [0.2, 0.25) is 5.91 Å². The second kappa shape index (κ2) is 6.08. The summed E-state index contributed by atoms with van der Waals surface area (Å²) in [5.41, 5.74) is 2.33. The number of carboxylic acids is 1. The number of carboxylic acid groups (broad SMARTS) is 1. The van der Waals surface area contributed by atoms with Crippen molar-refractivity contribution in [1.29, 1.82) is 0 Å². The lowest BCUT2D eigenvalue weighted by molar-refractivity contribution is -0.142. The van der Waals surface area contributed by atoms with Gasteiger partial charge in [0.25, 0.3) is 0 Å². The second-order valence-corrected chi connectivity index (χ2v) is 6.23. The summed E-state index contributed by atoms with van der Waals surface area (Å²) < 4.78 is 5.77. The van der Waals surface area contributed by atoms with Gasteiger partial charge in [-0.25, -0.2) is 0 Å². The number of carbonyl (C=O) groups is 2. The van der Waals surface area contributed by atoms with E-state index in [0.29, 0.717) is 19.7 Å². The number of likely N-dealkylation sites (tertiary alicyclic amines) is 1. The number of ether oxygens (including phenoxy) is 1. The van der Waals surface area contributed by atoms with E-state index in [0.717, 1.165) is 12.0 Å². The average Bonchev–Trinajstić information content (AvgIpc) is 2.90. The van der Waals surface area contributed by atoms with Crippen LogP contribution >= 0.6 is 0 Å². The standard InChI is InChI=1S/C17H21NO4/c1-11-9-18(10-14(11)17(20)21)16(19)8-15-13-5-3-2-4-12(13)6-7-22-15/h2-5,11,14-15H,6-10H2,1H3,(H,20,21)/t11-,14-,15?/m1/s1. The summed E-state index contributed by atoms with van der Waals surface area (Å²) in [7, 11) is 0. The van der Waals surface area contributed by atoms with Gasteiger partial charge in [-0.1, -0.05) is 31.2 Å². The van der Waals surface area contributed by atoms with E-state index in [2.05, 4.69) is 6.07 Å². The molecule has 0 aliphatic carbocycles. The molecule has 2 aliphatic rings. The average molecular weight is 303 g/mol. The van der Waals surface area contributed by atoms with Gasteiger partial charge in [0.1, 0.15) is 0 Å². The molecule has 3 atom stereocenters. The van der Waals surface area contributed by atoms with Gasteiger partial charge in [-0.15, -0.1) is 0 Å². The molecular weight excluding hydrogens is 282 g/mol. The van der Waals surface area contributed by atoms with Gasteiger partial charge in [-0.2, -0.15) is 0 Å². The Morgan fingerprint density at radius 3 is 2.82 bits per heavy atom. The number of nitrogens with zero attached hydrogens (tertiary/aromatic N) is 1. The Morgan fingerprint density at radius 2 is 2.09 bits per heavy atom. The van der Waals surface area contributed by atoms with Crippen molar-refractivity contribution < 1.29 is 19.4 Å². The number of rotatable bonds is 3. The fourth-order valence-electron chi connectivity index (χ4n) is 3.43. The van der Waals surface area contributed by atoms with Crippen LogP contribution in [0.2, 0.25) is 0 Å². The van der Waals surface area contributed by atoms with E-state index in [1.807, 2.05) is 25.1 Å². The first-order chi connectivity index (χ1) is 10.6. The molecule has 0 radical (unpaired) electrons. The summed E-state index contributed by atoms with van der Waals surface area (Å²) in [4.78, 5) is 25.3. The molecule has 2 aliphatic heterocycles. The van der Waals surface area contributed by atoms with Crippen LogP contribution in [0.4, 0.5) is 0 Å². The van der Waals surface area contributed by atoms with E-state index in [1.54, 1.807) is 4.90 Å². The molecule has 1 aromatic carbocycles. The van der Waals surface area contributed by atoms with Gasteiger partial charge in [0, 0.05) is 13.1 Å². The maximum Gasteiger partial charge on any atom is 0.308 e. The molecule has 1 amide bonds. The quantitative estimate of drug-likeness (QED) is 0.925. The van der Waals surface area contributed by atoms with Crippen LogP contribution in [0.1, 0.15) is 30.6 Å². The van der Waals surface area contributed by atoms with Crippen LogP contribution < -0.4 is 0 Å². The van der Waals surface area contributed by atoms with Gasteiger partial charge in [-0.3, -0.25) is 9.59 Å². The van der Waals surface area contributed by atoms with E-state index in [1.165, 1.54) is 5.56 Å². The van der Waals surface area contributed by atoms with E-state index in [9.17, 15) is 14.7 Å². The summed E-state index contributed by atoms with van der Waals surface area (Å²) >= 11 is 0. The minimum Gasteiger partial charge on any atom is -0.481 e. The third kappa shape index (κ3) is 2.86. The van der Waals surface area contributed by atoms with Gasteiger partial charge >= 0.3 is 5.97 Å². The highest BCUT2D eigenvalue weighted by molar-refractivity contribution is 5.79. The predicted octanol–water partition coefficient (Wildman–Crippen LogP) is 1.87. The molecule has 3 rings (SSSR count). The van der Waals surface area contributed by atoms with Crippen molar-refractivity contribution >= 4 is 11.9 Å². The first-order valence-corrected chi connectivity index (χ1v) is 7.76. The van der Waals surface area contributed by atoms with Crippen LogP contribution in [-0.4, -0.2) is 41.6 Å². The topological polar surface area (TPSA) is 66.8 Å². The molecule has 1 unspecified atom stereocenters. The van der Waals surface area contributed by atoms with Crippen molar-refractivity contribution in [3.63, 3.8) is 0 Å². The minimum atomic E-state index is -0.818. The second-order valence-electron chi connectivity index (χ2n) is 6.23. The summed E-state index contributed by atoms with van der Waals surface area (Å²) in [6.07, 6.45) is 0.954. The summed E-state index contributed by atoms with van der Waals surface area (Å²) in [6, 6.07) is 8.05. The van der Waals surface area contributed by atoms with E-state index in [-0.39, 0.29) is 24.3 Å². The van der Waals surface area contributed by atoms with Crippen molar-refractivity contribution in [3.8, 4) is 0 Å². The molecule has 0 bridgehead atoms. The molecule has 0 aromatic heterocycles. The summed E-state index contributed by atoms with van der Waals surface area (Å²) in [5, 5.41) is 9.17. The fraction of sp³-hybridized carbons (Fsp3) is 0.529. The lowest BCUT2D eigenvalue weighted by atomic mass is 9.95. The third-order valence-electron chi connectivity index (χ3n) is 4.73. The van der Waals surface area contributed by atoms with Crippen LogP contribution in [0.5, 0.6) is 0 Å². The van der Waals surface area contributed by atoms with Crippen LogP contribution in [0, 0.1) is 11.8 Å². The van der Waals surface area contributed by atoms with Crippen molar-refractivity contribution in [2.45, 2.75) is 25.9 Å². The number of fused-ring (bicyclic) bond motifs is 1. The normalized spacial score (nSPS) is 27.5. The molecule has 22 heavy (non-hydrogen) atoms. The molecule has 2 heterocycles. The molecule has 5 heteroatoms. The van der Waals surface area contributed by atoms with Crippen molar-refractivity contribution in [2.24, 2.45) is 11.8 Å². The number of hydrogen-bond donors (Lipinski definition) is 1. The lowest BCUT2D eigenvalue weighted by Crippen LogP contribution is -2.32.